The van der Waals surface area contributed by atoms with Crippen molar-refractivity contribution in [3.05, 3.63) is 0 Å². The topological polar surface area (TPSA) is 20.2 Å². The van der Waals surface area contributed by atoms with Gasteiger partial charge in [0.25, 0.3) is 0 Å². The second-order valence-electron chi connectivity index (χ2n) is 3.16. The first-order chi connectivity index (χ1) is 5.31. The van der Waals surface area contributed by atoms with Gasteiger partial charge in [0.15, 0.2) is 0 Å². The Balaban J connectivity index is 2.97. The molecule has 0 fully saturated rings. The van der Waals surface area contributed by atoms with E-state index in [4.69, 9.17) is 5.11 Å². The SMILES string of the molecule is CC(CCO)CCCCCBr. The first-order valence-corrected chi connectivity index (χ1v) is 5.60. The molecule has 1 N–H and O–H groups in total. The molecule has 0 aliphatic carbocycles. The van der Waals surface area contributed by atoms with E-state index in [0.717, 1.165) is 11.8 Å². The summed E-state index contributed by atoms with van der Waals surface area (Å²) < 4.78 is 0. The van der Waals surface area contributed by atoms with Gasteiger partial charge in [-0.25, -0.2) is 0 Å². The molecule has 0 aliphatic rings. The number of unbranched alkanes of at least 4 members (excludes halogenated alkanes) is 2. The van der Waals surface area contributed by atoms with Gasteiger partial charge in [0.2, 0.25) is 0 Å². The van der Waals surface area contributed by atoms with Gasteiger partial charge in [0, 0.05) is 11.9 Å². The molecular formula is C9H19BrO. The summed E-state index contributed by atoms with van der Waals surface area (Å²) in [5, 5.41) is 9.76. The van der Waals surface area contributed by atoms with Gasteiger partial charge in [-0.1, -0.05) is 42.1 Å². The summed E-state index contributed by atoms with van der Waals surface area (Å²) in [4.78, 5) is 0. The molecule has 1 nitrogen and oxygen atoms in total. The van der Waals surface area contributed by atoms with Crippen molar-refractivity contribution in [3.63, 3.8) is 0 Å². The third-order valence-corrected chi connectivity index (χ3v) is 2.51. The van der Waals surface area contributed by atoms with Gasteiger partial charge in [-0.3, -0.25) is 0 Å². The molecule has 68 valence electrons. The standard InChI is InChI=1S/C9H19BrO/c1-9(6-8-11)5-3-2-4-7-10/h9,11H,2-8H2,1H3. The Morgan fingerprint density at radius 2 is 1.91 bits per heavy atom. The molecule has 0 heterocycles. The van der Waals surface area contributed by atoms with Crippen LogP contribution in [0.2, 0.25) is 0 Å². The number of rotatable bonds is 7. The van der Waals surface area contributed by atoms with Gasteiger partial charge >= 0.3 is 0 Å². The predicted molar refractivity (Wildman–Crippen MR) is 53.1 cm³/mol. The third kappa shape index (κ3) is 8.35. The summed E-state index contributed by atoms with van der Waals surface area (Å²) >= 11 is 3.41. The van der Waals surface area contributed by atoms with Crippen LogP contribution >= 0.6 is 15.9 Å². The summed E-state index contributed by atoms with van der Waals surface area (Å²) in [6.07, 6.45) is 6.15. The maximum atomic E-state index is 8.63. The second-order valence-corrected chi connectivity index (χ2v) is 3.95. The largest absolute Gasteiger partial charge is 0.396 e. The minimum Gasteiger partial charge on any atom is -0.396 e. The first kappa shape index (κ1) is 11.4. The summed E-state index contributed by atoms with van der Waals surface area (Å²) in [7, 11) is 0. The highest BCUT2D eigenvalue weighted by Gasteiger charge is 1.99. The van der Waals surface area contributed by atoms with Crippen molar-refractivity contribution in [2.45, 2.75) is 39.0 Å². The Labute approximate surface area is 78.3 Å². The van der Waals surface area contributed by atoms with Gasteiger partial charge in [0.05, 0.1) is 0 Å². The second kappa shape index (κ2) is 8.54. The zero-order chi connectivity index (χ0) is 8.53. The molecule has 0 aliphatic heterocycles. The zero-order valence-corrected chi connectivity index (χ0v) is 8.94. The average molecular weight is 223 g/mol. The molecule has 0 bridgehead atoms. The fraction of sp³-hybridized carbons (Fsp3) is 1.00. The molecule has 1 atom stereocenters. The van der Waals surface area contributed by atoms with E-state index in [9.17, 15) is 0 Å². The predicted octanol–water partition coefficient (Wildman–Crippen LogP) is 2.96. The Bertz CT molecular complexity index is 76.0. The summed E-state index contributed by atoms with van der Waals surface area (Å²) in [5.74, 6) is 0.704. The number of aliphatic hydroxyl groups is 1. The Hall–Kier alpha value is 0.440. The van der Waals surface area contributed by atoms with Crippen LogP contribution in [0.4, 0.5) is 0 Å². The van der Waals surface area contributed by atoms with E-state index < -0.39 is 0 Å². The van der Waals surface area contributed by atoms with E-state index in [1.165, 1.54) is 25.7 Å². The fourth-order valence-corrected chi connectivity index (χ4v) is 1.53. The average Bonchev–Trinajstić information content (AvgIpc) is 1.99. The van der Waals surface area contributed by atoms with Crippen molar-refractivity contribution in [1.29, 1.82) is 0 Å². The molecule has 0 rings (SSSR count). The van der Waals surface area contributed by atoms with E-state index in [1.54, 1.807) is 0 Å². The van der Waals surface area contributed by atoms with E-state index in [-0.39, 0.29) is 0 Å². The van der Waals surface area contributed by atoms with E-state index in [2.05, 4.69) is 22.9 Å². The number of aliphatic hydroxyl groups excluding tert-OH is 1. The maximum absolute atomic E-state index is 8.63. The van der Waals surface area contributed by atoms with Crippen LogP contribution in [0.15, 0.2) is 0 Å². The van der Waals surface area contributed by atoms with Gasteiger partial charge in [-0.15, -0.1) is 0 Å². The van der Waals surface area contributed by atoms with Crippen molar-refractivity contribution in [2.75, 3.05) is 11.9 Å². The summed E-state index contributed by atoms with van der Waals surface area (Å²) in [5.41, 5.74) is 0. The highest BCUT2D eigenvalue weighted by atomic mass is 79.9. The lowest BCUT2D eigenvalue weighted by atomic mass is 10.0. The molecule has 0 amide bonds. The zero-order valence-electron chi connectivity index (χ0n) is 7.35. The number of alkyl halides is 1. The molecule has 0 spiro atoms. The molecule has 0 aromatic heterocycles. The maximum Gasteiger partial charge on any atom is 0.0433 e. The molecule has 0 aromatic carbocycles. The normalized spacial score (nSPS) is 13.4. The molecule has 11 heavy (non-hydrogen) atoms. The lowest BCUT2D eigenvalue weighted by Crippen LogP contribution is -1.97. The highest BCUT2D eigenvalue weighted by molar-refractivity contribution is 9.09. The van der Waals surface area contributed by atoms with Crippen LogP contribution in [0.25, 0.3) is 0 Å². The van der Waals surface area contributed by atoms with Gasteiger partial charge in [0.1, 0.15) is 0 Å². The monoisotopic (exact) mass is 222 g/mol. The third-order valence-electron chi connectivity index (χ3n) is 1.95. The van der Waals surface area contributed by atoms with Crippen LogP contribution in [0.1, 0.15) is 39.0 Å². The van der Waals surface area contributed by atoms with Crippen molar-refractivity contribution in [2.24, 2.45) is 5.92 Å². The molecular weight excluding hydrogens is 204 g/mol. The van der Waals surface area contributed by atoms with E-state index >= 15 is 0 Å². The molecule has 2 heteroatoms. The Morgan fingerprint density at radius 3 is 2.45 bits per heavy atom. The van der Waals surface area contributed by atoms with Crippen LogP contribution in [0.3, 0.4) is 0 Å². The van der Waals surface area contributed by atoms with Gasteiger partial charge in [-0.05, 0) is 18.8 Å². The molecule has 0 radical (unpaired) electrons. The van der Waals surface area contributed by atoms with Crippen LogP contribution in [0, 0.1) is 5.92 Å². The number of halogens is 1. The van der Waals surface area contributed by atoms with Crippen molar-refractivity contribution < 1.29 is 5.11 Å². The molecule has 0 saturated heterocycles. The van der Waals surface area contributed by atoms with E-state index in [1.807, 2.05) is 0 Å². The Kier molecular flexibility index (Phi) is 8.88. The molecule has 0 saturated carbocycles. The number of hydrogen-bond donors (Lipinski definition) is 1. The highest BCUT2D eigenvalue weighted by Crippen LogP contribution is 2.12. The van der Waals surface area contributed by atoms with E-state index in [0.29, 0.717) is 12.5 Å². The first-order valence-electron chi connectivity index (χ1n) is 4.48. The number of hydrogen-bond acceptors (Lipinski definition) is 1. The van der Waals surface area contributed by atoms with Crippen molar-refractivity contribution >= 4 is 15.9 Å². The van der Waals surface area contributed by atoms with Crippen LogP contribution in [0.5, 0.6) is 0 Å². The summed E-state index contributed by atoms with van der Waals surface area (Å²) in [6, 6.07) is 0. The fourth-order valence-electron chi connectivity index (χ4n) is 1.13. The quantitative estimate of drug-likeness (QED) is 0.519. The van der Waals surface area contributed by atoms with Crippen molar-refractivity contribution in [1.82, 2.24) is 0 Å². The lowest BCUT2D eigenvalue weighted by molar-refractivity contribution is 0.256. The molecule has 1 unspecified atom stereocenters. The minimum atomic E-state index is 0.347. The minimum absolute atomic E-state index is 0.347. The van der Waals surface area contributed by atoms with Crippen LogP contribution in [-0.2, 0) is 0 Å². The van der Waals surface area contributed by atoms with Crippen LogP contribution < -0.4 is 0 Å². The van der Waals surface area contributed by atoms with Crippen molar-refractivity contribution in [3.8, 4) is 0 Å². The van der Waals surface area contributed by atoms with Gasteiger partial charge in [-0.2, -0.15) is 0 Å². The summed E-state index contributed by atoms with van der Waals surface area (Å²) in [6.45, 7) is 2.56. The van der Waals surface area contributed by atoms with Crippen LogP contribution in [-0.4, -0.2) is 17.0 Å². The lowest BCUT2D eigenvalue weighted by Gasteiger charge is -2.07. The molecule has 0 aromatic rings. The van der Waals surface area contributed by atoms with Gasteiger partial charge < -0.3 is 5.11 Å². The Morgan fingerprint density at radius 1 is 1.18 bits per heavy atom. The smallest absolute Gasteiger partial charge is 0.0433 e.